The van der Waals surface area contributed by atoms with Gasteiger partial charge in [-0.15, -0.1) is 10.2 Å². The summed E-state index contributed by atoms with van der Waals surface area (Å²) in [6, 6.07) is 3.10. The highest BCUT2D eigenvalue weighted by Crippen LogP contribution is 2.36. The Kier molecular flexibility index (Phi) is 4.29. The minimum absolute atomic E-state index is 0.174. The number of aromatic nitrogens is 3. The molecule has 2 N–H and O–H groups in total. The summed E-state index contributed by atoms with van der Waals surface area (Å²) in [5, 5.41) is 21.1. The molecule has 1 aromatic heterocycles. The summed E-state index contributed by atoms with van der Waals surface area (Å²) < 4.78 is 38.0. The van der Waals surface area contributed by atoms with Crippen molar-refractivity contribution in [3.63, 3.8) is 0 Å². The average molecular weight is 338 g/mol. The van der Waals surface area contributed by atoms with Gasteiger partial charge in [0.15, 0.2) is 0 Å². The van der Waals surface area contributed by atoms with Crippen LogP contribution in [0.2, 0.25) is 0 Å². The first-order valence-electron chi connectivity index (χ1n) is 7.73. The number of aromatic hydroxyl groups is 1. The molecule has 0 bridgehead atoms. The SMILES string of the molecule is Cc1nc(NC2CCCC2)nnc1-c1ccc(C(F)(F)F)cc1O. The van der Waals surface area contributed by atoms with Gasteiger partial charge in [0.05, 0.1) is 11.3 Å². The molecule has 5 nitrogen and oxygen atoms in total. The van der Waals surface area contributed by atoms with Crippen LogP contribution in [0, 0.1) is 6.92 Å². The third-order valence-corrected chi connectivity index (χ3v) is 4.13. The van der Waals surface area contributed by atoms with E-state index in [4.69, 9.17) is 0 Å². The van der Waals surface area contributed by atoms with Crippen molar-refractivity contribution in [2.45, 2.75) is 44.8 Å². The van der Waals surface area contributed by atoms with E-state index < -0.39 is 17.5 Å². The van der Waals surface area contributed by atoms with Crippen LogP contribution in [0.5, 0.6) is 5.75 Å². The summed E-state index contributed by atoms with van der Waals surface area (Å²) in [5.74, 6) is -0.102. The van der Waals surface area contributed by atoms with Gasteiger partial charge < -0.3 is 10.4 Å². The number of rotatable bonds is 3. The lowest BCUT2D eigenvalue weighted by atomic mass is 10.1. The lowest BCUT2D eigenvalue weighted by Crippen LogP contribution is -2.17. The molecule has 1 heterocycles. The van der Waals surface area contributed by atoms with Crippen LogP contribution in [0.4, 0.5) is 19.1 Å². The number of benzene rings is 1. The molecule has 1 aliphatic rings. The van der Waals surface area contributed by atoms with Gasteiger partial charge in [0, 0.05) is 11.6 Å². The third-order valence-electron chi connectivity index (χ3n) is 4.13. The largest absolute Gasteiger partial charge is 0.507 e. The molecule has 128 valence electrons. The Bertz CT molecular complexity index is 743. The Morgan fingerprint density at radius 3 is 2.46 bits per heavy atom. The predicted molar refractivity (Wildman–Crippen MR) is 82.5 cm³/mol. The topological polar surface area (TPSA) is 70.9 Å². The van der Waals surface area contributed by atoms with E-state index in [0.29, 0.717) is 23.8 Å². The summed E-state index contributed by atoms with van der Waals surface area (Å²) in [5.41, 5.74) is 0.00788. The van der Waals surface area contributed by atoms with Crippen LogP contribution < -0.4 is 5.32 Å². The highest BCUT2D eigenvalue weighted by atomic mass is 19.4. The number of alkyl halides is 3. The summed E-state index contributed by atoms with van der Waals surface area (Å²) in [4.78, 5) is 4.31. The standard InChI is InChI=1S/C16H17F3N4O/c1-9-14(12-7-6-10(8-13(12)24)16(17,18)19)22-23-15(20-9)21-11-4-2-3-5-11/h6-8,11,24H,2-5H2,1H3,(H,20,21,23). The molecule has 0 aliphatic heterocycles. The Labute approximate surface area is 137 Å². The summed E-state index contributed by atoms with van der Waals surface area (Å²) >= 11 is 0. The molecule has 0 saturated heterocycles. The predicted octanol–water partition coefficient (Wildman–Crippen LogP) is 3.93. The minimum Gasteiger partial charge on any atom is -0.507 e. The number of nitrogens with zero attached hydrogens (tertiary/aromatic N) is 3. The van der Waals surface area contributed by atoms with Crippen LogP contribution in [-0.4, -0.2) is 26.3 Å². The van der Waals surface area contributed by atoms with Crippen LogP contribution in [0.1, 0.15) is 36.9 Å². The summed E-state index contributed by atoms with van der Waals surface area (Å²) in [6.45, 7) is 1.68. The molecule has 8 heteroatoms. The molecule has 24 heavy (non-hydrogen) atoms. The molecular formula is C16H17F3N4O. The van der Waals surface area contributed by atoms with Gasteiger partial charge in [-0.25, -0.2) is 4.98 Å². The van der Waals surface area contributed by atoms with Crippen molar-refractivity contribution in [3.05, 3.63) is 29.5 Å². The van der Waals surface area contributed by atoms with E-state index in [9.17, 15) is 18.3 Å². The maximum atomic E-state index is 12.7. The first kappa shape index (κ1) is 16.5. The molecule has 1 fully saturated rings. The van der Waals surface area contributed by atoms with E-state index in [0.717, 1.165) is 18.9 Å². The van der Waals surface area contributed by atoms with Crippen molar-refractivity contribution < 1.29 is 18.3 Å². The van der Waals surface area contributed by atoms with Gasteiger partial charge in [0.1, 0.15) is 11.4 Å². The molecule has 0 amide bonds. The molecule has 1 saturated carbocycles. The number of hydrogen-bond acceptors (Lipinski definition) is 5. The molecule has 0 radical (unpaired) electrons. The third kappa shape index (κ3) is 3.42. The molecule has 3 rings (SSSR count). The molecule has 0 unspecified atom stereocenters. The number of anilines is 1. The zero-order chi connectivity index (χ0) is 17.3. The minimum atomic E-state index is -4.51. The van der Waals surface area contributed by atoms with Crippen LogP contribution in [-0.2, 0) is 6.18 Å². The van der Waals surface area contributed by atoms with Gasteiger partial charge in [-0.3, -0.25) is 0 Å². The Morgan fingerprint density at radius 1 is 1.17 bits per heavy atom. The second-order valence-corrected chi connectivity index (χ2v) is 5.92. The second kappa shape index (κ2) is 6.26. The highest BCUT2D eigenvalue weighted by Gasteiger charge is 2.31. The van der Waals surface area contributed by atoms with Crippen molar-refractivity contribution >= 4 is 5.95 Å². The lowest BCUT2D eigenvalue weighted by molar-refractivity contribution is -0.137. The summed E-state index contributed by atoms with van der Waals surface area (Å²) in [7, 11) is 0. The average Bonchev–Trinajstić information content (AvgIpc) is 3.00. The Hall–Kier alpha value is -2.38. The van der Waals surface area contributed by atoms with E-state index in [2.05, 4.69) is 20.5 Å². The van der Waals surface area contributed by atoms with Crippen LogP contribution in [0.3, 0.4) is 0 Å². The molecule has 0 spiro atoms. The fraction of sp³-hybridized carbons (Fsp3) is 0.438. The molecular weight excluding hydrogens is 321 g/mol. The first-order valence-corrected chi connectivity index (χ1v) is 7.73. The summed E-state index contributed by atoms with van der Waals surface area (Å²) in [6.07, 6.45) is -0.0546. The number of phenols is 1. The zero-order valence-corrected chi connectivity index (χ0v) is 13.1. The maximum absolute atomic E-state index is 12.7. The van der Waals surface area contributed by atoms with Crippen LogP contribution >= 0.6 is 0 Å². The van der Waals surface area contributed by atoms with Gasteiger partial charge >= 0.3 is 6.18 Å². The van der Waals surface area contributed by atoms with Gasteiger partial charge in [0.25, 0.3) is 0 Å². The Morgan fingerprint density at radius 2 is 1.88 bits per heavy atom. The van der Waals surface area contributed by atoms with Crippen molar-refractivity contribution in [1.29, 1.82) is 0 Å². The smallest absolute Gasteiger partial charge is 0.416 e. The quantitative estimate of drug-likeness (QED) is 0.887. The number of hydrogen-bond donors (Lipinski definition) is 2. The van der Waals surface area contributed by atoms with E-state index in [-0.39, 0.29) is 11.3 Å². The zero-order valence-electron chi connectivity index (χ0n) is 13.1. The van der Waals surface area contributed by atoms with Crippen LogP contribution in [0.25, 0.3) is 11.3 Å². The first-order chi connectivity index (χ1) is 11.3. The Balaban J connectivity index is 1.86. The lowest BCUT2D eigenvalue weighted by Gasteiger charge is -2.13. The molecule has 1 aliphatic carbocycles. The van der Waals surface area contributed by atoms with Crippen molar-refractivity contribution in [2.24, 2.45) is 0 Å². The number of nitrogens with one attached hydrogen (secondary N) is 1. The number of halogens is 3. The maximum Gasteiger partial charge on any atom is 0.416 e. The molecule has 0 atom stereocenters. The van der Waals surface area contributed by atoms with Gasteiger partial charge in [-0.05, 0) is 38.0 Å². The molecule has 1 aromatic carbocycles. The van der Waals surface area contributed by atoms with Crippen molar-refractivity contribution in [3.8, 4) is 17.0 Å². The highest BCUT2D eigenvalue weighted by molar-refractivity contribution is 5.69. The number of aryl methyl sites for hydroxylation is 1. The number of phenolic OH excluding ortho intramolecular Hbond substituents is 1. The van der Waals surface area contributed by atoms with Gasteiger partial charge in [-0.2, -0.15) is 13.2 Å². The fourth-order valence-corrected chi connectivity index (χ4v) is 2.87. The van der Waals surface area contributed by atoms with E-state index in [1.54, 1.807) is 6.92 Å². The van der Waals surface area contributed by atoms with Crippen molar-refractivity contribution in [1.82, 2.24) is 15.2 Å². The molecule has 2 aromatic rings. The van der Waals surface area contributed by atoms with Crippen molar-refractivity contribution in [2.75, 3.05) is 5.32 Å². The van der Waals surface area contributed by atoms with E-state index in [1.165, 1.54) is 18.9 Å². The van der Waals surface area contributed by atoms with E-state index >= 15 is 0 Å². The second-order valence-electron chi connectivity index (χ2n) is 5.92. The van der Waals surface area contributed by atoms with E-state index in [1.807, 2.05) is 0 Å². The van der Waals surface area contributed by atoms with Crippen LogP contribution in [0.15, 0.2) is 18.2 Å². The fourth-order valence-electron chi connectivity index (χ4n) is 2.87. The monoisotopic (exact) mass is 338 g/mol. The normalized spacial score (nSPS) is 15.7. The van der Waals surface area contributed by atoms with Gasteiger partial charge in [-0.1, -0.05) is 12.8 Å². The van der Waals surface area contributed by atoms with Gasteiger partial charge in [0.2, 0.25) is 5.95 Å².